The number of rotatable bonds is 2. The van der Waals surface area contributed by atoms with Gasteiger partial charge < -0.3 is 0 Å². The lowest BCUT2D eigenvalue weighted by molar-refractivity contribution is 0.580. The molecule has 0 bridgehead atoms. The fourth-order valence-electron chi connectivity index (χ4n) is 0.975. The van der Waals surface area contributed by atoms with Crippen molar-refractivity contribution in [2.75, 3.05) is 0 Å². The Morgan fingerprint density at radius 1 is 1.42 bits per heavy atom. The van der Waals surface area contributed by atoms with Gasteiger partial charge in [0.2, 0.25) is 0 Å². The third kappa shape index (κ3) is 1.95. The maximum atomic E-state index is 13.0. The summed E-state index contributed by atoms with van der Waals surface area (Å²) in [5, 5.41) is -0.444. The first-order chi connectivity index (χ1) is 5.65. The number of alkyl halides is 1. The van der Waals surface area contributed by atoms with Gasteiger partial charge in [0.25, 0.3) is 0 Å². The molecule has 0 amide bonds. The molecule has 0 aliphatic heterocycles. The third-order valence-electron chi connectivity index (χ3n) is 1.65. The van der Waals surface area contributed by atoms with Gasteiger partial charge in [-0.25, -0.2) is 8.78 Å². The number of hydrogen-bond donors (Lipinski definition) is 0. The van der Waals surface area contributed by atoms with Gasteiger partial charge in [0.15, 0.2) is 0 Å². The molecule has 1 aromatic carbocycles. The summed E-state index contributed by atoms with van der Waals surface area (Å²) < 4.78 is 25.6. The molecule has 0 saturated heterocycles. The third-order valence-corrected chi connectivity index (χ3v) is 2.20. The van der Waals surface area contributed by atoms with E-state index in [4.69, 9.17) is 11.6 Å². The molecule has 0 saturated carbocycles. The second-order valence-corrected chi connectivity index (χ2v) is 3.07. The van der Waals surface area contributed by atoms with Gasteiger partial charge in [-0.05, 0) is 24.6 Å². The summed E-state index contributed by atoms with van der Waals surface area (Å²) >= 11 is 5.76. The van der Waals surface area contributed by atoms with Crippen LogP contribution in [0.5, 0.6) is 0 Å². The minimum Gasteiger partial charge on any atom is -0.207 e. The van der Waals surface area contributed by atoms with Crippen molar-refractivity contribution in [2.24, 2.45) is 0 Å². The van der Waals surface area contributed by atoms with Crippen molar-refractivity contribution >= 4 is 11.6 Å². The molecule has 66 valence electrons. The molecule has 0 aliphatic carbocycles. The topological polar surface area (TPSA) is 0 Å². The Hall–Kier alpha value is -0.630. The van der Waals surface area contributed by atoms with Crippen molar-refractivity contribution in [2.45, 2.75) is 18.7 Å². The highest BCUT2D eigenvalue weighted by molar-refractivity contribution is 6.20. The summed E-state index contributed by atoms with van der Waals surface area (Å²) in [6, 6.07) is 3.31. The summed E-state index contributed by atoms with van der Waals surface area (Å²) in [4.78, 5) is 0. The van der Waals surface area contributed by atoms with E-state index < -0.39 is 17.0 Å². The van der Waals surface area contributed by atoms with E-state index in [0.717, 1.165) is 18.2 Å². The van der Waals surface area contributed by atoms with Gasteiger partial charge >= 0.3 is 0 Å². The van der Waals surface area contributed by atoms with Crippen LogP contribution in [0.25, 0.3) is 0 Å². The Morgan fingerprint density at radius 2 is 2.08 bits per heavy atom. The molecule has 0 spiro atoms. The smallest absolute Gasteiger partial charge is 0.128 e. The van der Waals surface area contributed by atoms with Crippen LogP contribution in [0.15, 0.2) is 18.2 Å². The molecule has 0 aliphatic rings. The molecule has 0 fully saturated rings. The second-order valence-electron chi connectivity index (χ2n) is 2.54. The van der Waals surface area contributed by atoms with Crippen LogP contribution in [0.1, 0.15) is 24.3 Å². The minimum absolute atomic E-state index is 0.235. The highest BCUT2D eigenvalue weighted by Gasteiger charge is 2.11. The highest BCUT2D eigenvalue weighted by atomic mass is 35.5. The molecule has 0 heterocycles. The SMILES string of the molecule is CCC(Cl)c1cc(F)ccc1F. The van der Waals surface area contributed by atoms with E-state index in [0.29, 0.717) is 6.42 Å². The Labute approximate surface area is 75.2 Å². The summed E-state index contributed by atoms with van der Waals surface area (Å²) in [5.74, 6) is -0.899. The number of hydrogen-bond acceptors (Lipinski definition) is 0. The zero-order valence-electron chi connectivity index (χ0n) is 6.65. The molecule has 12 heavy (non-hydrogen) atoms. The zero-order chi connectivity index (χ0) is 9.14. The van der Waals surface area contributed by atoms with E-state index in [1.807, 2.05) is 6.92 Å². The van der Waals surface area contributed by atoms with Crippen LogP contribution in [-0.4, -0.2) is 0 Å². The van der Waals surface area contributed by atoms with E-state index in [1.165, 1.54) is 0 Å². The van der Waals surface area contributed by atoms with Gasteiger partial charge in [0, 0.05) is 5.56 Å². The first-order valence-electron chi connectivity index (χ1n) is 3.74. The molecule has 0 aromatic heterocycles. The molecule has 0 nitrogen and oxygen atoms in total. The van der Waals surface area contributed by atoms with Crippen LogP contribution in [0.4, 0.5) is 8.78 Å². The molecule has 3 heteroatoms. The van der Waals surface area contributed by atoms with Crippen molar-refractivity contribution in [3.05, 3.63) is 35.4 Å². The van der Waals surface area contributed by atoms with Crippen molar-refractivity contribution < 1.29 is 8.78 Å². The first kappa shape index (κ1) is 9.46. The van der Waals surface area contributed by atoms with E-state index in [2.05, 4.69) is 0 Å². The Morgan fingerprint density at radius 3 is 2.67 bits per heavy atom. The molecule has 0 N–H and O–H groups in total. The lowest BCUT2D eigenvalue weighted by Crippen LogP contribution is -1.94. The quantitative estimate of drug-likeness (QED) is 0.625. The molecule has 1 atom stereocenters. The number of halogens is 3. The van der Waals surface area contributed by atoms with Crippen LogP contribution in [-0.2, 0) is 0 Å². The van der Waals surface area contributed by atoms with Gasteiger partial charge in [-0.2, -0.15) is 0 Å². The molecular formula is C9H9ClF2. The van der Waals surface area contributed by atoms with Gasteiger partial charge in [0.1, 0.15) is 11.6 Å². The first-order valence-corrected chi connectivity index (χ1v) is 4.17. The normalized spacial score (nSPS) is 13.0. The fraction of sp³-hybridized carbons (Fsp3) is 0.333. The van der Waals surface area contributed by atoms with E-state index in [-0.39, 0.29) is 5.56 Å². The summed E-state index contributed by atoms with van der Waals surface area (Å²) in [7, 11) is 0. The largest absolute Gasteiger partial charge is 0.207 e. The average Bonchev–Trinajstić information content (AvgIpc) is 2.08. The minimum atomic E-state index is -0.453. The van der Waals surface area contributed by atoms with Crippen molar-refractivity contribution in [3.63, 3.8) is 0 Å². The maximum Gasteiger partial charge on any atom is 0.128 e. The standard InChI is InChI=1S/C9H9ClF2/c1-2-8(10)7-5-6(11)3-4-9(7)12/h3-5,8H,2H2,1H3. The van der Waals surface area contributed by atoms with E-state index in [1.54, 1.807) is 0 Å². The zero-order valence-corrected chi connectivity index (χ0v) is 7.41. The fourth-order valence-corrected chi connectivity index (χ4v) is 1.14. The summed E-state index contributed by atoms with van der Waals surface area (Å²) in [5.41, 5.74) is 0.235. The molecule has 1 unspecified atom stereocenters. The molecular weight excluding hydrogens is 182 g/mol. The van der Waals surface area contributed by atoms with Gasteiger partial charge in [0.05, 0.1) is 5.38 Å². The van der Waals surface area contributed by atoms with Crippen molar-refractivity contribution in [1.29, 1.82) is 0 Å². The lowest BCUT2D eigenvalue weighted by atomic mass is 10.1. The Bertz CT molecular complexity index is 273. The lowest BCUT2D eigenvalue weighted by Gasteiger charge is -2.07. The maximum absolute atomic E-state index is 13.0. The predicted molar refractivity (Wildman–Crippen MR) is 45.2 cm³/mol. The van der Waals surface area contributed by atoms with Crippen molar-refractivity contribution in [1.82, 2.24) is 0 Å². The van der Waals surface area contributed by atoms with Crippen LogP contribution in [0, 0.1) is 11.6 Å². The van der Waals surface area contributed by atoms with Crippen LogP contribution >= 0.6 is 11.6 Å². The molecule has 0 radical (unpaired) electrons. The second kappa shape index (κ2) is 3.85. The summed E-state index contributed by atoms with van der Waals surface area (Å²) in [6.07, 6.45) is 0.585. The monoisotopic (exact) mass is 190 g/mol. The summed E-state index contributed by atoms with van der Waals surface area (Å²) in [6.45, 7) is 1.82. The van der Waals surface area contributed by atoms with E-state index >= 15 is 0 Å². The van der Waals surface area contributed by atoms with E-state index in [9.17, 15) is 8.78 Å². The van der Waals surface area contributed by atoms with Crippen LogP contribution < -0.4 is 0 Å². The van der Waals surface area contributed by atoms with Gasteiger partial charge in [-0.3, -0.25) is 0 Å². The molecule has 1 rings (SSSR count). The van der Waals surface area contributed by atoms with Crippen molar-refractivity contribution in [3.8, 4) is 0 Å². The predicted octanol–water partition coefficient (Wildman–Crippen LogP) is 3.65. The Kier molecular flexibility index (Phi) is 3.04. The van der Waals surface area contributed by atoms with Crippen LogP contribution in [0.3, 0.4) is 0 Å². The van der Waals surface area contributed by atoms with Crippen LogP contribution in [0.2, 0.25) is 0 Å². The Balaban J connectivity index is 3.04. The number of benzene rings is 1. The molecule has 1 aromatic rings. The highest BCUT2D eigenvalue weighted by Crippen LogP contribution is 2.26. The average molecular weight is 191 g/mol. The van der Waals surface area contributed by atoms with Gasteiger partial charge in [-0.15, -0.1) is 11.6 Å². The van der Waals surface area contributed by atoms with Gasteiger partial charge in [-0.1, -0.05) is 6.92 Å².